The number of aryl methyl sites for hydroxylation is 1. The molecule has 4 heteroatoms. The maximum atomic E-state index is 13.4. The Balaban J connectivity index is 1.30. The molecule has 1 heterocycles. The van der Waals surface area contributed by atoms with Crippen LogP contribution >= 0.6 is 0 Å². The molecule has 5 rings (SSSR count). The van der Waals surface area contributed by atoms with Crippen molar-refractivity contribution in [3.8, 4) is 0 Å². The number of carbonyl (C=O) groups excluding carboxylic acids is 1. The third kappa shape index (κ3) is 5.33. The van der Waals surface area contributed by atoms with E-state index < -0.39 is 0 Å². The number of hydrogen-bond acceptors (Lipinski definition) is 1. The van der Waals surface area contributed by atoms with Gasteiger partial charge >= 0.3 is 6.03 Å². The molecule has 1 atom stereocenters. The van der Waals surface area contributed by atoms with E-state index in [4.69, 9.17) is 0 Å². The van der Waals surface area contributed by atoms with Crippen LogP contribution in [-0.2, 0) is 13.0 Å². The Bertz CT molecular complexity index is 1370. The molecule has 4 nitrogen and oxygen atoms in total. The van der Waals surface area contributed by atoms with Gasteiger partial charge in [-0.3, -0.25) is 4.90 Å². The molecule has 36 heavy (non-hydrogen) atoms. The number of nitrogens with zero attached hydrogens (tertiary/aromatic N) is 2. The number of benzene rings is 4. The maximum absolute atomic E-state index is 13.4. The monoisotopic (exact) mass is 473 g/mol. The summed E-state index contributed by atoms with van der Waals surface area (Å²) >= 11 is 0. The van der Waals surface area contributed by atoms with Crippen LogP contribution in [0.2, 0.25) is 0 Å². The van der Waals surface area contributed by atoms with Crippen LogP contribution in [0.4, 0.5) is 16.2 Å². The van der Waals surface area contributed by atoms with Crippen molar-refractivity contribution in [2.45, 2.75) is 32.4 Å². The molecule has 0 saturated carbocycles. The second-order valence-corrected chi connectivity index (χ2v) is 9.18. The Morgan fingerprint density at radius 3 is 1.97 bits per heavy atom. The summed E-state index contributed by atoms with van der Waals surface area (Å²) in [4.78, 5) is 15.1. The molecular weight excluding hydrogens is 442 g/mol. The topological polar surface area (TPSA) is 37.3 Å². The second-order valence-electron chi connectivity index (χ2n) is 9.18. The summed E-state index contributed by atoms with van der Waals surface area (Å²) in [5.41, 5.74) is 5.53. The molecule has 0 bridgehead atoms. The first-order valence-corrected chi connectivity index (χ1v) is 12.5. The quantitative estimate of drug-likeness (QED) is 0.248. The normalized spacial score (nSPS) is 11.8. The van der Waals surface area contributed by atoms with Crippen molar-refractivity contribution >= 4 is 28.3 Å². The highest BCUT2D eigenvalue weighted by atomic mass is 16.2. The zero-order valence-corrected chi connectivity index (χ0v) is 20.5. The molecule has 1 unspecified atom stereocenters. The molecule has 5 aromatic rings. The van der Waals surface area contributed by atoms with Gasteiger partial charge in [0.25, 0.3) is 0 Å². The van der Waals surface area contributed by atoms with E-state index in [1.165, 1.54) is 22.0 Å². The third-order valence-corrected chi connectivity index (χ3v) is 6.52. The number of para-hydroxylation sites is 3. The number of aromatic nitrogens is 1. The van der Waals surface area contributed by atoms with E-state index in [9.17, 15) is 4.79 Å². The van der Waals surface area contributed by atoms with Gasteiger partial charge in [0.1, 0.15) is 0 Å². The molecule has 0 fully saturated rings. The van der Waals surface area contributed by atoms with E-state index in [0.717, 1.165) is 30.8 Å². The van der Waals surface area contributed by atoms with Crippen LogP contribution in [0.25, 0.3) is 10.9 Å². The lowest BCUT2D eigenvalue weighted by molar-refractivity contribution is 0.245. The van der Waals surface area contributed by atoms with Gasteiger partial charge in [0.15, 0.2) is 0 Å². The zero-order chi connectivity index (χ0) is 24.7. The van der Waals surface area contributed by atoms with Crippen LogP contribution in [0.15, 0.2) is 121 Å². The Morgan fingerprint density at radius 1 is 0.778 bits per heavy atom. The van der Waals surface area contributed by atoms with Crippen molar-refractivity contribution in [3.63, 3.8) is 0 Å². The summed E-state index contributed by atoms with van der Waals surface area (Å²) < 4.78 is 2.33. The van der Waals surface area contributed by atoms with Gasteiger partial charge in [0.05, 0.1) is 11.4 Å². The van der Waals surface area contributed by atoms with Crippen LogP contribution in [0.1, 0.15) is 24.5 Å². The smallest absolute Gasteiger partial charge is 0.326 e. The van der Waals surface area contributed by atoms with Gasteiger partial charge < -0.3 is 9.88 Å². The van der Waals surface area contributed by atoms with Crippen molar-refractivity contribution in [1.82, 2.24) is 9.88 Å². The minimum atomic E-state index is -0.119. The van der Waals surface area contributed by atoms with E-state index in [2.05, 4.69) is 77.6 Å². The fourth-order valence-corrected chi connectivity index (χ4v) is 4.69. The summed E-state index contributed by atoms with van der Waals surface area (Å²) in [6.45, 7) is 2.92. The fourth-order valence-electron chi connectivity index (χ4n) is 4.69. The first kappa shape index (κ1) is 23.4. The van der Waals surface area contributed by atoms with Crippen LogP contribution < -0.4 is 10.2 Å². The van der Waals surface area contributed by atoms with Gasteiger partial charge in [-0.1, -0.05) is 84.9 Å². The number of urea groups is 1. The summed E-state index contributed by atoms with van der Waals surface area (Å²) in [7, 11) is 0. The zero-order valence-electron chi connectivity index (χ0n) is 20.5. The number of hydrogen-bond donors (Lipinski definition) is 1. The predicted molar refractivity (Wildman–Crippen MR) is 149 cm³/mol. The highest BCUT2D eigenvalue weighted by Crippen LogP contribution is 2.26. The van der Waals surface area contributed by atoms with Crippen molar-refractivity contribution in [2.24, 2.45) is 0 Å². The Kier molecular flexibility index (Phi) is 7.13. The second kappa shape index (κ2) is 11.0. The van der Waals surface area contributed by atoms with E-state index in [-0.39, 0.29) is 12.1 Å². The highest BCUT2D eigenvalue weighted by molar-refractivity contribution is 5.99. The summed E-state index contributed by atoms with van der Waals surface area (Å²) in [6.07, 6.45) is 4.01. The summed E-state index contributed by atoms with van der Waals surface area (Å²) in [6, 6.07) is 38.6. The molecule has 2 amide bonds. The molecular formula is C32H31N3O. The largest absolute Gasteiger partial charge is 0.343 e. The number of fused-ring (bicyclic) bond motifs is 1. The standard InChI is InChI=1S/C32H31N3O/c1-25(33-32(36)35(28-15-7-3-8-16-28)29-17-9-4-10-18-29)21-22-27-24-34(23-26-13-5-2-6-14-26)31-20-12-11-19-30(27)31/h2-20,24-25H,21-23H2,1H3,(H,33,36). The molecule has 0 saturated heterocycles. The minimum Gasteiger partial charge on any atom is -0.343 e. The Hall–Kier alpha value is -4.31. The Labute approximate surface area is 212 Å². The van der Waals surface area contributed by atoms with E-state index in [1.807, 2.05) is 60.7 Å². The van der Waals surface area contributed by atoms with Gasteiger partial charge in [-0.15, -0.1) is 0 Å². The van der Waals surface area contributed by atoms with Gasteiger partial charge in [0.2, 0.25) is 0 Å². The molecule has 180 valence electrons. The fraction of sp³-hybridized carbons (Fsp3) is 0.156. The van der Waals surface area contributed by atoms with Gasteiger partial charge in [-0.2, -0.15) is 0 Å². The third-order valence-electron chi connectivity index (χ3n) is 6.52. The number of carbonyl (C=O) groups is 1. The first-order chi connectivity index (χ1) is 17.7. The van der Waals surface area contributed by atoms with Crippen LogP contribution in [0, 0.1) is 0 Å². The van der Waals surface area contributed by atoms with Crippen molar-refractivity contribution in [1.29, 1.82) is 0 Å². The van der Waals surface area contributed by atoms with E-state index in [1.54, 1.807) is 4.90 Å². The van der Waals surface area contributed by atoms with Gasteiger partial charge in [-0.25, -0.2) is 4.79 Å². The lowest BCUT2D eigenvalue weighted by Crippen LogP contribution is -2.41. The summed E-state index contributed by atoms with van der Waals surface area (Å²) in [5.74, 6) is 0. The molecule has 0 radical (unpaired) electrons. The molecule has 1 aromatic heterocycles. The number of amides is 2. The lowest BCUT2D eigenvalue weighted by Gasteiger charge is -2.25. The number of nitrogens with one attached hydrogen (secondary N) is 1. The van der Waals surface area contributed by atoms with E-state index in [0.29, 0.717) is 0 Å². The number of rotatable bonds is 8. The lowest BCUT2D eigenvalue weighted by atomic mass is 10.1. The van der Waals surface area contributed by atoms with Gasteiger partial charge in [-0.05, 0) is 61.2 Å². The SMILES string of the molecule is CC(CCc1cn(Cc2ccccc2)c2ccccc12)NC(=O)N(c1ccccc1)c1ccccc1. The predicted octanol–water partition coefficient (Wildman–Crippen LogP) is 7.56. The average molecular weight is 474 g/mol. The molecule has 0 aliphatic carbocycles. The minimum absolute atomic E-state index is 0.0173. The van der Waals surface area contributed by atoms with Crippen molar-refractivity contribution in [2.75, 3.05) is 4.90 Å². The highest BCUT2D eigenvalue weighted by Gasteiger charge is 2.20. The molecule has 0 aliphatic heterocycles. The average Bonchev–Trinajstić information content (AvgIpc) is 3.27. The molecule has 0 spiro atoms. The van der Waals surface area contributed by atoms with Crippen LogP contribution in [-0.4, -0.2) is 16.6 Å². The molecule has 1 N–H and O–H groups in total. The van der Waals surface area contributed by atoms with Crippen LogP contribution in [0.3, 0.4) is 0 Å². The molecule has 4 aromatic carbocycles. The number of anilines is 2. The van der Waals surface area contributed by atoms with Crippen LogP contribution in [0.5, 0.6) is 0 Å². The Morgan fingerprint density at radius 2 is 1.33 bits per heavy atom. The van der Waals surface area contributed by atoms with Crippen molar-refractivity contribution in [3.05, 3.63) is 133 Å². The molecule has 0 aliphatic rings. The first-order valence-electron chi connectivity index (χ1n) is 12.5. The van der Waals surface area contributed by atoms with Crippen molar-refractivity contribution < 1.29 is 4.79 Å². The summed E-state index contributed by atoms with van der Waals surface area (Å²) in [5, 5.41) is 4.50. The van der Waals surface area contributed by atoms with Gasteiger partial charge in [0, 0.05) is 29.7 Å². The maximum Gasteiger partial charge on any atom is 0.326 e. The van der Waals surface area contributed by atoms with E-state index >= 15 is 0 Å².